The van der Waals surface area contributed by atoms with Crippen LogP contribution in [-0.4, -0.2) is 16.8 Å². The van der Waals surface area contributed by atoms with Gasteiger partial charge in [-0.2, -0.15) is 5.10 Å². The lowest BCUT2D eigenvalue weighted by Gasteiger charge is -2.11. The van der Waals surface area contributed by atoms with Crippen molar-refractivity contribution in [2.24, 2.45) is 5.92 Å². The lowest BCUT2D eigenvalue weighted by Crippen LogP contribution is -2.08. The molecule has 0 atom stereocenters. The van der Waals surface area contributed by atoms with Gasteiger partial charge < -0.3 is 10.5 Å². The molecule has 1 aliphatic rings. The Labute approximate surface area is 104 Å². The van der Waals surface area contributed by atoms with Gasteiger partial charge in [0.1, 0.15) is 11.6 Å². The van der Waals surface area contributed by atoms with Crippen molar-refractivity contribution in [1.82, 2.24) is 10.2 Å². The molecule has 96 valence electrons. The van der Waals surface area contributed by atoms with Gasteiger partial charge in [-0.1, -0.05) is 12.8 Å². The van der Waals surface area contributed by atoms with Gasteiger partial charge in [0.15, 0.2) is 5.82 Å². The molecule has 3 rings (SSSR count). The van der Waals surface area contributed by atoms with Gasteiger partial charge in [0, 0.05) is 12.1 Å². The summed E-state index contributed by atoms with van der Waals surface area (Å²) in [6.45, 7) is 0.661. The zero-order valence-electron chi connectivity index (χ0n) is 10.1. The van der Waals surface area contributed by atoms with E-state index in [2.05, 4.69) is 10.2 Å². The van der Waals surface area contributed by atoms with Crippen molar-refractivity contribution < 1.29 is 9.13 Å². The molecule has 1 heterocycles. The Balaban J connectivity index is 1.79. The Kier molecular flexibility index (Phi) is 2.81. The summed E-state index contributed by atoms with van der Waals surface area (Å²) < 4.78 is 19.5. The maximum absolute atomic E-state index is 13.8. The van der Waals surface area contributed by atoms with Crippen molar-refractivity contribution in [3.63, 3.8) is 0 Å². The maximum atomic E-state index is 13.8. The number of nitrogen functional groups attached to an aromatic ring is 1. The number of nitrogens with zero attached hydrogens (tertiary/aromatic N) is 1. The minimum Gasteiger partial charge on any atom is -0.493 e. The van der Waals surface area contributed by atoms with Gasteiger partial charge in [-0.25, -0.2) is 4.39 Å². The van der Waals surface area contributed by atoms with Crippen molar-refractivity contribution in [1.29, 1.82) is 0 Å². The summed E-state index contributed by atoms with van der Waals surface area (Å²) in [6, 6.07) is 3.12. The molecule has 0 aliphatic heterocycles. The van der Waals surface area contributed by atoms with Crippen molar-refractivity contribution in [3.8, 4) is 5.75 Å². The fourth-order valence-corrected chi connectivity index (χ4v) is 2.58. The van der Waals surface area contributed by atoms with Gasteiger partial charge in [0.05, 0.1) is 17.5 Å². The van der Waals surface area contributed by atoms with Crippen LogP contribution in [0.1, 0.15) is 25.7 Å². The monoisotopic (exact) mass is 249 g/mol. The minimum atomic E-state index is -0.389. The Hall–Kier alpha value is -1.78. The number of benzene rings is 1. The fourth-order valence-electron chi connectivity index (χ4n) is 2.58. The molecule has 0 unspecified atom stereocenters. The number of hydrogen-bond acceptors (Lipinski definition) is 3. The van der Waals surface area contributed by atoms with E-state index in [1.54, 1.807) is 6.07 Å². The Bertz CT molecular complexity index is 561. The van der Waals surface area contributed by atoms with Gasteiger partial charge >= 0.3 is 0 Å². The smallest absolute Gasteiger partial charge is 0.156 e. The molecule has 0 amide bonds. The van der Waals surface area contributed by atoms with Gasteiger partial charge in [0.2, 0.25) is 0 Å². The Morgan fingerprint density at radius 3 is 2.94 bits per heavy atom. The normalized spacial score (nSPS) is 16.5. The Morgan fingerprint density at radius 2 is 2.17 bits per heavy atom. The van der Waals surface area contributed by atoms with Crippen LogP contribution in [0.25, 0.3) is 10.9 Å². The second-order valence-corrected chi connectivity index (χ2v) is 4.90. The van der Waals surface area contributed by atoms with Crippen LogP contribution in [0.5, 0.6) is 5.75 Å². The van der Waals surface area contributed by atoms with E-state index >= 15 is 0 Å². The summed E-state index contributed by atoms with van der Waals surface area (Å²) >= 11 is 0. The molecule has 4 nitrogen and oxygen atoms in total. The van der Waals surface area contributed by atoms with E-state index in [-0.39, 0.29) is 11.6 Å². The van der Waals surface area contributed by atoms with Gasteiger partial charge in [-0.05, 0) is 18.8 Å². The van der Waals surface area contributed by atoms with Crippen LogP contribution < -0.4 is 10.5 Å². The topological polar surface area (TPSA) is 63.9 Å². The van der Waals surface area contributed by atoms with Crippen LogP contribution in [0, 0.1) is 11.7 Å². The zero-order chi connectivity index (χ0) is 12.5. The van der Waals surface area contributed by atoms with Crippen LogP contribution in [0.3, 0.4) is 0 Å². The number of ether oxygens (including phenoxy) is 1. The summed E-state index contributed by atoms with van der Waals surface area (Å²) in [6.07, 6.45) is 4.97. The van der Waals surface area contributed by atoms with Crippen LogP contribution in [0.15, 0.2) is 12.1 Å². The van der Waals surface area contributed by atoms with E-state index in [1.807, 2.05) is 0 Å². The molecular formula is C13H16FN3O. The van der Waals surface area contributed by atoms with E-state index in [1.165, 1.54) is 31.7 Å². The van der Waals surface area contributed by atoms with Crippen LogP contribution in [0.4, 0.5) is 10.2 Å². The van der Waals surface area contributed by atoms with Crippen molar-refractivity contribution in [3.05, 3.63) is 17.9 Å². The predicted molar refractivity (Wildman–Crippen MR) is 67.9 cm³/mol. The fraction of sp³-hybridized carbons (Fsp3) is 0.462. The quantitative estimate of drug-likeness (QED) is 0.879. The molecule has 1 aromatic carbocycles. The molecular weight excluding hydrogens is 233 g/mol. The number of H-pyrrole nitrogens is 1. The molecule has 3 N–H and O–H groups in total. The third kappa shape index (κ3) is 2.00. The first kappa shape index (κ1) is 11.3. The molecule has 1 aliphatic carbocycles. The molecule has 1 fully saturated rings. The number of nitrogens with one attached hydrogen (secondary N) is 1. The molecule has 1 aromatic heterocycles. The van der Waals surface area contributed by atoms with Crippen molar-refractivity contribution >= 4 is 16.7 Å². The van der Waals surface area contributed by atoms with Gasteiger partial charge in [-0.15, -0.1) is 0 Å². The highest BCUT2D eigenvalue weighted by Crippen LogP contribution is 2.29. The number of rotatable bonds is 3. The highest BCUT2D eigenvalue weighted by atomic mass is 19.1. The van der Waals surface area contributed by atoms with Gasteiger partial charge in [-0.3, -0.25) is 5.10 Å². The Morgan fingerprint density at radius 1 is 1.39 bits per heavy atom. The average molecular weight is 249 g/mol. The first-order chi connectivity index (χ1) is 8.74. The number of nitrogens with two attached hydrogens (primary N) is 1. The van der Waals surface area contributed by atoms with Gasteiger partial charge in [0.25, 0.3) is 0 Å². The average Bonchev–Trinajstić information content (AvgIpc) is 2.97. The molecule has 5 heteroatoms. The van der Waals surface area contributed by atoms with Crippen LogP contribution in [0.2, 0.25) is 0 Å². The number of hydrogen-bond donors (Lipinski definition) is 2. The number of aromatic amines is 1. The number of fused-ring (bicyclic) bond motifs is 1. The molecule has 2 aromatic rings. The minimum absolute atomic E-state index is 0.185. The largest absolute Gasteiger partial charge is 0.493 e. The SMILES string of the molecule is Nc1n[nH]c2cc(OCC3CCCC3)cc(F)c12. The highest BCUT2D eigenvalue weighted by molar-refractivity contribution is 5.90. The zero-order valence-corrected chi connectivity index (χ0v) is 10.1. The number of aromatic nitrogens is 2. The van der Waals surface area contributed by atoms with E-state index in [4.69, 9.17) is 10.5 Å². The second kappa shape index (κ2) is 4.48. The molecule has 0 radical (unpaired) electrons. The van der Waals surface area contributed by atoms with E-state index in [0.29, 0.717) is 29.2 Å². The summed E-state index contributed by atoms with van der Waals surface area (Å²) in [5.41, 5.74) is 6.16. The molecule has 0 saturated heterocycles. The lowest BCUT2D eigenvalue weighted by atomic mass is 10.1. The summed E-state index contributed by atoms with van der Waals surface area (Å²) in [4.78, 5) is 0. The first-order valence-corrected chi connectivity index (χ1v) is 6.30. The number of halogens is 1. The summed E-state index contributed by atoms with van der Waals surface area (Å²) in [5.74, 6) is 0.941. The summed E-state index contributed by atoms with van der Waals surface area (Å²) in [5, 5.41) is 6.83. The first-order valence-electron chi connectivity index (χ1n) is 6.30. The third-order valence-corrected chi connectivity index (χ3v) is 3.58. The lowest BCUT2D eigenvalue weighted by molar-refractivity contribution is 0.251. The van der Waals surface area contributed by atoms with E-state index in [0.717, 1.165) is 0 Å². The number of anilines is 1. The molecule has 1 saturated carbocycles. The van der Waals surface area contributed by atoms with E-state index < -0.39 is 0 Å². The van der Waals surface area contributed by atoms with Crippen molar-refractivity contribution in [2.75, 3.05) is 12.3 Å². The highest BCUT2D eigenvalue weighted by Gasteiger charge is 2.16. The van der Waals surface area contributed by atoms with Crippen molar-refractivity contribution in [2.45, 2.75) is 25.7 Å². The molecule has 0 bridgehead atoms. The van der Waals surface area contributed by atoms with Crippen LogP contribution >= 0.6 is 0 Å². The summed E-state index contributed by atoms with van der Waals surface area (Å²) in [7, 11) is 0. The standard InChI is InChI=1S/C13H16FN3O/c14-10-5-9(18-7-8-3-1-2-4-8)6-11-12(10)13(15)17-16-11/h5-6,8H,1-4,7H2,(H3,15,16,17). The van der Waals surface area contributed by atoms with E-state index in [9.17, 15) is 4.39 Å². The molecule has 0 spiro atoms. The maximum Gasteiger partial charge on any atom is 0.156 e. The van der Waals surface area contributed by atoms with Crippen LogP contribution in [-0.2, 0) is 0 Å². The molecule has 18 heavy (non-hydrogen) atoms. The predicted octanol–water partition coefficient (Wildman–Crippen LogP) is 2.85. The second-order valence-electron chi connectivity index (χ2n) is 4.90. The third-order valence-electron chi connectivity index (χ3n) is 3.58.